The molecule has 0 bridgehead atoms. The summed E-state index contributed by atoms with van der Waals surface area (Å²) in [5, 5.41) is 53.4. The fourth-order valence-corrected chi connectivity index (χ4v) is 12.1. The summed E-state index contributed by atoms with van der Waals surface area (Å²) >= 11 is 0. The van der Waals surface area contributed by atoms with Crippen LogP contribution >= 0.6 is 0 Å². The largest absolute Gasteiger partial charge is 0.481 e. The molecule has 6 aliphatic rings. The number of carboxylic acid groups (broad SMARTS) is 1. The molecule has 43 heavy (non-hydrogen) atoms. The lowest BCUT2D eigenvalue weighted by Crippen LogP contribution is -2.68. The first-order chi connectivity index (χ1) is 19.9. The summed E-state index contributed by atoms with van der Waals surface area (Å²) in [7, 11) is 0. The van der Waals surface area contributed by atoms with Crippen LogP contribution in [0.2, 0.25) is 0 Å². The van der Waals surface area contributed by atoms with Gasteiger partial charge in [-0.2, -0.15) is 0 Å². The smallest absolute Gasteiger partial charge is 0.310 e. The number of hydrogen-bond donors (Lipinski definition) is 5. The molecule has 1 heterocycles. The van der Waals surface area contributed by atoms with Crippen molar-refractivity contribution in [2.75, 3.05) is 6.61 Å². The zero-order valence-electron chi connectivity index (χ0n) is 27.3. The minimum Gasteiger partial charge on any atom is -0.481 e. The van der Waals surface area contributed by atoms with E-state index in [2.05, 4.69) is 47.6 Å². The second kappa shape index (κ2) is 9.98. The van der Waals surface area contributed by atoms with E-state index in [9.17, 15) is 30.3 Å². The summed E-state index contributed by atoms with van der Waals surface area (Å²) in [6, 6.07) is 0. The first kappa shape index (κ1) is 31.9. The van der Waals surface area contributed by atoms with Gasteiger partial charge in [-0.15, -0.1) is 0 Å². The highest BCUT2D eigenvalue weighted by molar-refractivity contribution is 5.77. The maximum atomic E-state index is 13.0. The van der Waals surface area contributed by atoms with Gasteiger partial charge in [0.25, 0.3) is 0 Å². The Morgan fingerprint density at radius 3 is 2.28 bits per heavy atom. The van der Waals surface area contributed by atoms with E-state index in [1.807, 2.05) is 6.92 Å². The maximum absolute atomic E-state index is 13.0. The monoisotopic (exact) mass is 604 g/mol. The third-order valence-electron chi connectivity index (χ3n) is 15.2. The van der Waals surface area contributed by atoms with Gasteiger partial charge in [0.2, 0.25) is 0 Å². The van der Waals surface area contributed by atoms with Crippen molar-refractivity contribution in [1.82, 2.24) is 0 Å². The van der Waals surface area contributed by atoms with Gasteiger partial charge in [-0.05, 0) is 104 Å². The minimum atomic E-state index is -1.30. The van der Waals surface area contributed by atoms with Gasteiger partial charge < -0.3 is 35.0 Å². The van der Waals surface area contributed by atoms with Crippen LogP contribution in [0.4, 0.5) is 0 Å². The Bertz CT molecular complexity index is 1160. The summed E-state index contributed by atoms with van der Waals surface area (Å²) in [6.07, 6.45) is 5.06. The molecular weight excluding hydrogens is 548 g/mol. The molecule has 0 aromatic heterocycles. The number of aliphatic carboxylic acids is 1. The Kier molecular flexibility index (Phi) is 7.41. The Hall–Kier alpha value is -1.03. The van der Waals surface area contributed by atoms with Crippen molar-refractivity contribution in [2.45, 2.75) is 143 Å². The van der Waals surface area contributed by atoms with Gasteiger partial charge in [-0.1, -0.05) is 53.2 Å². The molecule has 0 spiro atoms. The average molecular weight is 605 g/mol. The van der Waals surface area contributed by atoms with E-state index in [4.69, 9.17) is 9.47 Å². The third-order valence-corrected chi connectivity index (χ3v) is 15.2. The van der Waals surface area contributed by atoms with Crippen molar-refractivity contribution in [2.24, 2.45) is 50.7 Å². The van der Waals surface area contributed by atoms with Crippen molar-refractivity contribution >= 4 is 5.97 Å². The molecule has 0 radical (unpaired) electrons. The van der Waals surface area contributed by atoms with Crippen LogP contribution in [0.5, 0.6) is 0 Å². The molecule has 0 aromatic rings. The summed E-state index contributed by atoms with van der Waals surface area (Å²) < 4.78 is 12.1. The highest BCUT2D eigenvalue weighted by Crippen LogP contribution is 2.76. The number of fused-ring (bicyclic) bond motifs is 7. The molecule has 1 unspecified atom stereocenters. The normalized spacial score (nSPS) is 56.1. The lowest BCUT2D eigenvalue weighted by molar-refractivity contribution is -0.308. The van der Waals surface area contributed by atoms with E-state index in [0.717, 1.165) is 44.9 Å². The van der Waals surface area contributed by atoms with E-state index < -0.39 is 41.6 Å². The first-order valence-corrected chi connectivity index (χ1v) is 16.9. The van der Waals surface area contributed by atoms with Crippen molar-refractivity contribution in [3.63, 3.8) is 0 Å². The van der Waals surface area contributed by atoms with Crippen LogP contribution in [0.15, 0.2) is 11.6 Å². The standard InChI is InChI=1S/C35H56O8/c1-19-10-15-35(29(39)40)17-16-32(5)20(27(35)34(19,7)41)8-9-23-31(4)13-12-24(30(2,3)22(31)11-14-33(23,32)6)43-28-26(38)25(37)21(36)18-42-28/h8,19,21-28,36-38,41H,9-18H2,1-7H3,(H,39,40)/t19-,21+,22+,23-,24?,25+,26-,27-,28+,31+,32-,33-,34-,35+/m1/s1. The number of hydrogen-bond acceptors (Lipinski definition) is 7. The van der Waals surface area contributed by atoms with E-state index in [-0.39, 0.29) is 46.2 Å². The van der Waals surface area contributed by atoms with Gasteiger partial charge in [-0.25, -0.2) is 0 Å². The lowest BCUT2D eigenvalue weighted by atomic mass is 9.33. The topological polar surface area (TPSA) is 137 Å². The van der Waals surface area contributed by atoms with Gasteiger partial charge in [0, 0.05) is 5.92 Å². The quantitative estimate of drug-likeness (QED) is 0.232. The first-order valence-electron chi connectivity index (χ1n) is 16.9. The molecule has 8 nitrogen and oxygen atoms in total. The van der Waals surface area contributed by atoms with Crippen LogP contribution < -0.4 is 0 Å². The fourth-order valence-electron chi connectivity index (χ4n) is 12.1. The second-order valence-corrected chi connectivity index (χ2v) is 17.1. The lowest BCUT2D eigenvalue weighted by Gasteiger charge is -2.72. The van der Waals surface area contributed by atoms with Crippen LogP contribution in [0, 0.1) is 50.7 Å². The molecule has 244 valence electrons. The third kappa shape index (κ3) is 4.11. The number of carbonyl (C=O) groups is 1. The molecule has 1 aliphatic heterocycles. The van der Waals surface area contributed by atoms with Gasteiger partial charge in [0.15, 0.2) is 6.29 Å². The van der Waals surface area contributed by atoms with Crippen molar-refractivity contribution in [3.05, 3.63) is 11.6 Å². The molecule has 0 amide bonds. The molecule has 4 saturated carbocycles. The number of rotatable bonds is 3. The number of aliphatic hydroxyl groups excluding tert-OH is 3. The Labute approximate surface area is 257 Å². The number of aliphatic hydroxyl groups is 4. The van der Waals surface area contributed by atoms with Crippen LogP contribution in [-0.2, 0) is 14.3 Å². The zero-order valence-corrected chi connectivity index (χ0v) is 27.3. The molecule has 5 aliphatic carbocycles. The number of allylic oxidation sites excluding steroid dienone is 1. The molecule has 8 heteroatoms. The molecule has 1 saturated heterocycles. The Morgan fingerprint density at radius 1 is 0.907 bits per heavy atom. The highest BCUT2D eigenvalue weighted by Gasteiger charge is 2.71. The predicted octanol–water partition coefficient (Wildman–Crippen LogP) is 4.67. The van der Waals surface area contributed by atoms with E-state index in [1.54, 1.807) is 0 Å². The molecule has 5 fully saturated rings. The average Bonchev–Trinajstić information content (AvgIpc) is 2.92. The van der Waals surface area contributed by atoms with E-state index >= 15 is 0 Å². The predicted molar refractivity (Wildman–Crippen MR) is 161 cm³/mol. The summed E-state index contributed by atoms with van der Waals surface area (Å²) in [6.45, 7) is 15.8. The van der Waals surface area contributed by atoms with Crippen LogP contribution in [0.1, 0.15) is 106 Å². The van der Waals surface area contributed by atoms with Crippen LogP contribution in [-0.4, -0.2) is 74.4 Å². The van der Waals surface area contributed by atoms with Crippen molar-refractivity contribution in [1.29, 1.82) is 0 Å². The fraction of sp³-hybridized carbons (Fsp3) is 0.914. The molecular formula is C35H56O8. The van der Waals surface area contributed by atoms with E-state index in [1.165, 1.54) is 5.57 Å². The summed E-state index contributed by atoms with van der Waals surface area (Å²) in [5.41, 5.74) is -1.16. The Morgan fingerprint density at radius 2 is 1.60 bits per heavy atom. The molecule has 6 rings (SSSR count). The van der Waals surface area contributed by atoms with Gasteiger partial charge in [-0.3, -0.25) is 4.79 Å². The molecule has 14 atom stereocenters. The molecule has 5 N–H and O–H groups in total. The van der Waals surface area contributed by atoms with Gasteiger partial charge in [0.05, 0.1) is 23.7 Å². The van der Waals surface area contributed by atoms with Gasteiger partial charge in [0.1, 0.15) is 18.3 Å². The van der Waals surface area contributed by atoms with Gasteiger partial charge >= 0.3 is 5.97 Å². The number of ether oxygens (including phenoxy) is 2. The number of carboxylic acids is 1. The van der Waals surface area contributed by atoms with Crippen molar-refractivity contribution in [3.8, 4) is 0 Å². The highest BCUT2D eigenvalue weighted by atomic mass is 16.7. The molecule has 0 aromatic carbocycles. The van der Waals surface area contributed by atoms with Crippen LogP contribution in [0.3, 0.4) is 0 Å². The minimum absolute atomic E-state index is 0.0313. The second-order valence-electron chi connectivity index (χ2n) is 17.1. The van der Waals surface area contributed by atoms with E-state index in [0.29, 0.717) is 24.7 Å². The van der Waals surface area contributed by atoms with Crippen LogP contribution in [0.25, 0.3) is 0 Å². The SMILES string of the molecule is C[C@@H]1CC[C@]2(C(=O)O)CC[C@]3(C)C(=CC[C@@H]4[C@@]5(C)CCC(O[C@@H]6OC[C@H](O)[C@H](O)[C@H]6O)C(C)(C)[C@@H]5CC[C@]43C)[C@@H]2[C@]1(C)O. The maximum Gasteiger partial charge on any atom is 0.310 e. The summed E-state index contributed by atoms with van der Waals surface area (Å²) in [4.78, 5) is 13.0. The summed E-state index contributed by atoms with van der Waals surface area (Å²) in [5.74, 6) is -0.306. The van der Waals surface area contributed by atoms with Crippen molar-refractivity contribution < 1.29 is 39.8 Å². The Balaban J connectivity index is 1.33. The zero-order chi connectivity index (χ0) is 31.5.